The first-order chi connectivity index (χ1) is 8.20. The number of unbranched alkanes of at least 4 members (excludes halogenated alkanes) is 5. The zero-order valence-corrected chi connectivity index (χ0v) is 11.2. The lowest BCUT2D eigenvalue weighted by Gasteiger charge is -2.11. The predicted molar refractivity (Wildman–Crippen MR) is 69.0 cm³/mol. The number of ether oxygens (including phenoxy) is 1. The van der Waals surface area contributed by atoms with E-state index in [1.807, 2.05) is 6.92 Å². The number of alkyl carbamates (subject to hydrolysis) is 1. The quantitative estimate of drug-likeness (QED) is 0.582. The van der Waals surface area contributed by atoms with E-state index in [0.717, 1.165) is 12.8 Å². The van der Waals surface area contributed by atoms with Crippen molar-refractivity contribution in [2.24, 2.45) is 0 Å². The molecule has 0 aliphatic carbocycles. The SMILES string of the molecule is CCCCCCCCC(O)COC(=O)NCC. The highest BCUT2D eigenvalue weighted by atomic mass is 16.6. The van der Waals surface area contributed by atoms with Gasteiger partial charge in [-0.3, -0.25) is 0 Å². The van der Waals surface area contributed by atoms with Crippen LogP contribution in [0.2, 0.25) is 0 Å². The van der Waals surface area contributed by atoms with Crippen molar-refractivity contribution in [3.63, 3.8) is 0 Å². The van der Waals surface area contributed by atoms with E-state index in [1.165, 1.54) is 25.7 Å². The Morgan fingerprint density at radius 2 is 1.82 bits per heavy atom. The summed E-state index contributed by atoms with van der Waals surface area (Å²) in [7, 11) is 0. The normalized spacial score (nSPS) is 12.2. The molecule has 1 atom stereocenters. The third-order valence-electron chi connectivity index (χ3n) is 2.62. The van der Waals surface area contributed by atoms with E-state index in [-0.39, 0.29) is 6.61 Å². The molecule has 0 aliphatic heterocycles. The lowest BCUT2D eigenvalue weighted by molar-refractivity contribution is 0.0623. The summed E-state index contributed by atoms with van der Waals surface area (Å²) in [5.74, 6) is 0. The Kier molecular flexibility index (Phi) is 11.2. The Balaban J connectivity index is 3.28. The number of amides is 1. The number of aliphatic hydroxyl groups is 1. The first kappa shape index (κ1) is 16.2. The average molecular weight is 245 g/mol. The summed E-state index contributed by atoms with van der Waals surface area (Å²) in [5, 5.41) is 12.1. The molecule has 0 rings (SSSR count). The number of hydrogen-bond donors (Lipinski definition) is 2. The van der Waals surface area contributed by atoms with Gasteiger partial charge >= 0.3 is 6.09 Å². The van der Waals surface area contributed by atoms with Gasteiger partial charge in [-0.25, -0.2) is 4.79 Å². The molecule has 4 heteroatoms. The molecule has 17 heavy (non-hydrogen) atoms. The van der Waals surface area contributed by atoms with E-state index in [4.69, 9.17) is 4.74 Å². The summed E-state index contributed by atoms with van der Waals surface area (Å²) < 4.78 is 4.84. The van der Waals surface area contributed by atoms with Crippen molar-refractivity contribution in [1.82, 2.24) is 5.32 Å². The maximum absolute atomic E-state index is 11.0. The molecule has 0 bridgehead atoms. The van der Waals surface area contributed by atoms with E-state index < -0.39 is 12.2 Å². The van der Waals surface area contributed by atoms with Gasteiger partial charge in [0.2, 0.25) is 0 Å². The molecule has 4 nitrogen and oxygen atoms in total. The predicted octanol–water partition coefficient (Wildman–Crippen LogP) is 2.84. The number of rotatable bonds is 10. The summed E-state index contributed by atoms with van der Waals surface area (Å²) in [5.41, 5.74) is 0. The van der Waals surface area contributed by atoms with Gasteiger partial charge in [-0.1, -0.05) is 45.4 Å². The van der Waals surface area contributed by atoms with Gasteiger partial charge in [0.1, 0.15) is 6.61 Å². The maximum Gasteiger partial charge on any atom is 0.407 e. The molecule has 2 N–H and O–H groups in total. The van der Waals surface area contributed by atoms with Crippen LogP contribution in [0.3, 0.4) is 0 Å². The van der Waals surface area contributed by atoms with Crippen molar-refractivity contribution in [3.05, 3.63) is 0 Å². The molecular formula is C13H27NO3. The van der Waals surface area contributed by atoms with Crippen LogP contribution in [0.1, 0.15) is 58.8 Å². The summed E-state index contributed by atoms with van der Waals surface area (Å²) in [6.07, 6.45) is 6.96. The zero-order valence-electron chi connectivity index (χ0n) is 11.2. The van der Waals surface area contributed by atoms with Crippen molar-refractivity contribution in [2.75, 3.05) is 13.2 Å². The number of carbonyl (C=O) groups is 1. The van der Waals surface area contributed by atoms with Crippen LogP contribution in [0.25, 0.3) is 0 Å². The molecule has 0 saturated carbocycles. The van der Waals surface area contributed by atoms with Crippen molar-refractivity contribution < 1.29 is 14.6 Å². The Morgan fingerprint density at radius 3 is 2.47 bits per heavy atom. The van der Waals surface area contributed by atoms with Crippen LogP contribution in [0.15, 0.2) is 0 Å². The second kappa shape index (κ2) is 11.7. The minimum absolute atomic E-state index is 0.0980. The summed E-state index contributed by atoms with van der Waals surface area (Å²) in [6, 6.07) is 0. The molecular weight excluding hydrogens is 218 g/mol. The minimum Gasteiger partial charge on any atom is -0.447 e. The van der Waals surface area contributed by atoms with Gasteiger partial charge in [-0.2, -0.15) is 0 Å². The van der Waals surface area contributed by atoms with Gasteiger partial charge in [0.15, 0.2) is 0 Å². The highest BCUT2D eigenvalue weighted by Crippen LogP contribution is 2.08. The Bertz CT molecular complexity index is 186. The van der Waals surface area contributed by atoms with Gasteiger partial charge in [-0.05, 0) is 13.3 Å². The van der Waals surface area contributed by atoms with E-state index in [9.17, 15) is 9.90 Å². The number of aliphatic hydroxyl groups excluding tert-OH is 1. The Morgan fingerprint density at radius 1 is 1.18 bits per heavy atom. The second-order valence-electron chi connectivity index (χ2n) is 4.34. The van der Waals surface area contributed by atoms with Crippen LogP contribution >= 0.6 is 0 Å². The molecule has 0 aromatic heterocycles. The van der Waals surface area contributed by atoms with Gasteiger partial charge in [0.05, 0.1) is 6.10 Å². The van der Waals surface area contributed by atoms with E-state index in [2.05, 4.69) is 12.2 Å². The Hall–Kier alpha value is -0.770. The molecule has 1 unspecified atom stereocenters. The van der Waals surface area contributed by atoms with E-state index in [0.29, 0.717) is 13.0 Å². The molecule has 0 aromatic rings. The molecule has 0 fully saturated rings. The van der Waals surface area contributed by atoms with Crippen molar-refractivity contribution >= 4 is 6.09 Å². The van der Waals surface area contributed by atoms with Gasteiger partial charge in [0, 0.05) is 6.54 Å². The molecule has 102 valence electrons. The topological polar surface area (TPSA) is 58.6 Å². The Labute approximate surface area is 105 Å². The molecule has 1 amide bonds. The summed E-state index contributed by atoms with van der Waals surface area (Å²) in [6.45, 7) is 4.67. The van der Waals surface area contributed by atoms with Gasteiger partial charge in [0.25, 0.3) is 0 Å². The highest BCUT2D eigenvalue weighted by molar-refractivity contribution is 5.66. The first-order valence-corrected chi connectivity index (χ1v) is 6.79. The largest absolute Gasteiger partial charge is 0.447 e. The highest BCUT2D eigenvalue weighted by Gasteiger charge is 2.07. The van der Waals surface area contributed by atoms with Crippen LogP contribution in [0.4, 0.5) is 4.79 Å². The van der Waals surface area contributed by atoms with Gasteiger partial charge in [-0.15, -0.1) is 0 Å². The fourth-order valence-electron chi connectivity index (χ4n) is 1.61. The molecule has 0 radical (unpaired) electrons. The van der Waals surface area contributed by atoms with E-state index >= 15 is 0 Å². The monoisotopic (exact) mass is 245 g/mol. The van der Waals surface area contributed by atoms with E-state index in [1.54, 1.807) is 0 Å². The molecule has 0 heterocycles. The van der Waals surface area contributed by atoms with Crippen LogP contribution < -0.4 is 5.32 Å². The van der Waals surface area contributed by atoms with Crippen molar-refractivity contribution in [2.45, 2.75) is 64.9 Å². The average Bonchev–Trinajstić information content (AvgIpc) is 2.31. The molecule has 0 saturated heterocycles. The minimum atomic E-state index is -0.524. The second-order valence-corrected chi connectivity index (χ2v) is 4.34. The molecule has 0 spiro atoms. The fraction of sp³-hybridized carbons (Fsp3) is 0.923. The van der Waals surface area contributed by atoms with Crippen LogP contribution in [0.5, 0.6) is 0 Å². The fourth-order valence-corrected chi connectivity index (χ4v) is 1.61. The lowest BCUT2D eigenvalue weighted by atomic mass is 10.1. The summed E-state index contributed by atoms with van der Waals surface area (Å²) in [4.78, 5) is 11.0. The van der Waals surface area contributed by atoms with Crippen LogP contribution in [0, 0.1) is 0 Å². The number of hydrogen-bond acceptors (Lipinski definition) is 3. The third kappa shape index (κ3) is 11.5. The summed E-state index contributed by atoms with van der Waals surface area (Å²) >= 11 is 0. The lowest BCUT2D eigenvalue weighted by Crippen LogP contribution is -2.27. The van der Waals surface area contributed by atoms with Crippen molar-refractivity contribution in [3.8, 4) is 0 Å². The van der Waals surface area contributed by atoms with Gasteiger partial charge < -0.3 is 15.2 Å². The van der Waals surface area contributed by atoms with Crippen LogP contribution in [-0.4, -0.2) is 30.5 Å². The number of carbonyl (C=O) groups excluding carboxylic acids is 1. The molecule has 0 aliphatic rings. The maximum atomic E-state index is 11.0. The van der Waals surface area contributed by atoms with Crippen molar-refractivity contribution in [1.29, 1.82) is 0 Å². The number of nitrogens with one attached hydrogen (secondary N) is 1. The molecule has 0 aromatic carbocycles. The smallest absolute Gasteiger partial charge is 0.407 e. The third-order valence-corrected chi connectivity index (χ3v) is 2.62. The van der Waals surface area contributed by atoms with Crippen LogP contribution in [-0.2, 0) is 4.74 Å². The standard InChI is InChI=1S/C13H27NO3/c1-3-5-6-7-8-9-10-12(15)11-17-13(16)14-4-2/h12,15H,3-11H2,1-2H3,(H,14,16). The first-order valence-electron chi connectivity index (χ1n) is 6.79. The zero-order chi connectivity index (χ0) is 12.9.